The number of hydrogen-bond donors (Lipinski definition) is 7. The van der Waals surface area contributed by atoms with Crippen molar-refractivity contribution < 1.29 is 63.8 Å². The zero-order valence-electron chi connectivity index (χ0n) is 21.6. The first kappa shape index (κ1) is 29.2. The normalized spacial score (nSPS) is 32.1. The number of ether oxygens (including phenoxy) is 5. The lowest BCUT2D eigenvalue weighted by molar-refractivity contribution is -0.307. The first-order valence-electron chi connectivity index (χ1n) is 12.7. The van der Waals surface area contributed by atoms with Gasteiger partial charge in [-0.1, -0.05) is 0 Å². The highest BCUT2D eigenvalue weighted by Gasteiger charge is 2.46. The fraction of sp³-hybridized carbons (Fsp3) is 0.444. The Morgan fingerprint density at radius 1 is 0.854 bits per heavy atom. The average Bonchev–Trinajstić information content (AvgIpc) is 2.96. The molecular formula is C27H30O14. The third-order valence-corrected chi connectivity index (χ3v) is 6.96. The maximum absolute atomic E-state index is 12.6. The van der Waals surface area contributed by atoms with E-state index in [1.54, 1.807) is 12.1 Å². The number of phenolic OH excluding ortho intramolecular Hbond substituents is 1. The molecule has 14 heteroatoms. The van der Waals surface area contributed by atoms with Gasteiger partial charge in [-0.05, 0) is 24.3 Å². The molecule has 0 saturated carbocycles. The van der Waals surface area contributed by atoms with Crippen LogP contribution in [0.25, 0.3) is 22.3 Å². The summed E-state index contributed by atoms with van der Waals surface area (Å²) in [5.74, 6) is 0.437. The van der Waals surface area contributed by atoms with Crippen LogP contribution in [0, 0.1) is 0 Å². The minimum absolute atomic E-state index is 0.00976. The zero-order chi connectivity index (χ0) is 29.4. The van der Waals surface area contributed by atoms with Crippen LogP contribution in [-0.2, 0) is 14.2 Å². The number of hydrogen-bond acceptors (Lipinski definition) is 14. The van der Waals surface area contributed by atoms with Crippen LogP contribution in [0.15, 0.2) is 51.7 Å². The molecule has 41 heavy (non-hydrogen) atoms. The SMILES string of the molecule is COc1cc(O)c2c(=O)cc(-c3ccc(O[C@@H]4OC(CO[C@@H]5OCC(O)[C@H](O)C5O)[C@H](O)[C@H](O)C4O)cc3)oc2c1. The summed E-state index contributed by atoms with van der Waals surface area (Å²) in [5, 5.41) is 70.7. The number of aliphatic hydroxyl groups excluding tert-OH is 6. The molecular weight excluding hydrogens is 548 g/mol. The molecule has 2 fully saturated rings. The molecule has 0 amide bonds. The zero-order valence-corrected chi connectivity index (χ0v) is 21.6. The molecule has 1 aromatic heterocycles. The molecule has 0 bridgehead atoms. The fourth-order valence-corrected chi connectivity index (χ4v) is 4.60. The molecule has 0 aliphatic carbocycles. The molecule has 2 saturated heterocycles. The lowest BCUT2D eigenvalue weighted by Gasteiger charge is -2.41. The Labute approximate surface area is 232 Å². The van der Waals surface area contributed by atoms with Gasteiger partial charge in [-0.2, -0.15) is 0 Å². The summed E-state index contributed by atoms with van der Waals surface area (Å²) in [4.78, 5) is 12.6. The predicted molar refractivity (Wildman–Crippen MR) is 137 cm³/mol. The molecule has 3 heterocycles. The van der Waals surface area contributed by atoms with Crippen LogP contribution in [0.5, 0.6) is 17.2 Å². The summed E-state index contributed by atoms with van der Waals surface area (Å²) in [6, 6.07) is 10.2. The largest absolute Gasteiger partial charge is 0.507 e. The molecule has 2 aliphatic rings. The van der Waals surface area contributed by atoms with E-state index in [4.69, 9.17) is 28.1 Å². The van der Waals surface area contributed by atoms with E-state index < -0.39 is 67.3 Å². The van der Waals surface area contributed by atoms with E-state index in [1.165, 1.54) is 37.4 Å². The Balaban J connectivity index is 1.28. The quantitative estimate of drug-likeness (QED) is 0.176. The van der Waals surface area contributed by atoms with Gasteiger partial charge in [0, 0.05) is 23.8 Å². The molecule has 2 aliphatic heterocycles. The van der Waals surface area contributed by atoms with Crippen molar-refractivity contribution in [2.45, 2.75) is 55.3 Å². The van der Waals surface area contributed by atoms with Crippen molar-refractivity contribution in [3.8, 4) is 28.6 Å². The first-order chi connectivity index (χ1) is 19.6. The Kier molecular flexibility index (Phi) is 8.47. The molecule has 3 aromatic rings. The van der Waals surface area contributed by atoms with Crippen LogP contribution in [-0.4, -0.2) is 111 Å². The number of rotatable bonds is 7. The molecule has 2 aromatic carbocycles. The van der Waals surface area contributed by atoms with Crippen molar-refractivity contribution in [3.63, 3.8) is 0 Å². The van der Waals surface area contributed by atoms with E-state index in [2.05, 4.69) is 0 Å². The van der Waals surface area contributed by atoms with Crippen LogP contribution in [0.4, 0.5) is 0 Å². The number of methoxy groups -OCH3 is 1. The molecule has 0 radical (unpaired) electrons. The van der Waals surface area contributed by atoms with Gasteiger partial charge in [0.2, 0.25) is 6.29 Å². The fourth-order valence-electron chi connectivity index (χ4n) is 4.60. The van der Waals surface area contributed by atoms with E-state index in [9.17, 15) is 40.5 Å². The lowest BCUT2D eigenvalue weighted by atomic mass is 9.99. The summed E-state index contributed by atoms with van der Waals surface area (Å²) < 4.78 is 32.8. The molecule has 14 nitrogen and oxygen atoms in total. The van der Waals surface area contributed by atoms with E-state index >= 15 is 0 Å². The van der Waals surface area contributed by atoms with Gasteiger partial charge in [-0.15, -0.1) is 0 Å². The summed E-state index contributed by atoms with van der Waals surface area (Å²) in [5.41, 5.74) is 0.156. The second-order valence-corrected chi connectivity index (χ2v) is 9.74. The highest BCUT2D eigenvalue weighted by Crippen LogP contribution is 2.32. The van der Waals surface area contributed by atoms with Crippen molar-refractivity contribution in [3.05, 3.63) is 52.7 Å². The second-order valence-electron chi connectivity index (χ2n) is 9.74. The standard InChI is InChI=1S/C27H30O14/c1-36-13-6-14(28)20-15(29)8-17(40-18(20)7-13)11-2-4-12(5-3-11)39-27-25(35)23(33)22(32)19(41-27)10-38-26-24(34)21(31)16(30)9-37-26/h2-8,16,19,21-28,30-35H,9-10H2,1H3/t16?,19?,21-,22-,23-,24?,25?,26-,27+/m0/s1. The van der Waals surface area contributed by atoms with E-state index in [0.29, 0.717) is 11.3 Å². The number of aliphatic hydroxyl groups is 6. The van der Waals surface area contributed by atoms with E-state index in [1.807, 2.05) is 0 Å². The summed E-state index contributed by atoms with van der Waals surface area (Å²) in [7, 11) is 1.41. The van der Waals surface area contributed by atoms with Gasteiger partial charge in [0.15, 0.2) is 11.7 Å². The van der Waals surface area contributed by atoms with Crippen molar-refractivity contribution in [1.82, 2.24) is 0 Å². The third kappa shape index (κ3) is 5.88. The molecule has 222 valence electrons. The summed E-state index contributed by atoms with van der Waals surface area (Å²) >= 11 is 0. The Bertz CT molecular complexity index is 1410. The second kappa shape index (κ2) is 11.9. The monoisotopic (exact) mass is 578 g/mol. The van der Waals surface area contributed by atoms with Crippen molar-refractivity contribution in [2.24, 2.45) is 0 Å². The molecule has 5 rings (SSSR count). The highest BCUT2D eigenvalue weighted by atomic mass is 16.7. The van der Waals surface area contributed by atoms with Crippen molar-refractivity contribution in [1.29, 1.82) is 0 Å². The number of fused-ring (bicyclic) bond motifs is 1. The number of benzene rings is 2. The van der Waals surface area contributed by atoms with Crippen LogP contribution in [0.1, 0.15) is 0 Å². The maximum Gasteiger partial charge on any atom is 0.229 e. The molecule has 0 spiro atoms. The van der Waals surface area contributed by atoms with Gasteiger partial charge in [0.25, 0.3) is 0 Å². The van der Waals surface area contributed by atoms with E-state index in [0.717, 1.165) is 0 Å². The molecule has 7 N–H and O–H groups in total. The van der Waals surface area contributed by atoms with Crippen LogP contribution >= 0.6 is 0 Å². The molecule has 9 atom stereocenters. The Morgan fingerprint density at radius 3 is 2.27 bits per heavy atom. The Hall–Kier alpha value is -3.31. The summed E-state index contributed by atoms with van der Waals surface area (Å²) in [6.45, 7) is -0.713. The van der Waals surface area contributed by atoms with Gasteiger partial charge in [-0.25, -0.2) is 0 Å². The third-order valence-electron chi connectivity index (χ3n) is 6.96. The van der Waals surface area contributed by atoms with Gasteiger partial charge in [-0.3, -0.25) is 4.79 Å². The van der Waals surface area contributed by atoms with Crippen LogP contribution < -0.4 is 14.9 Å². The van der Waals surface area contributed by atoms with Crippen molar-refractivity contribution in [2.75, 3.05) is 20.3 Å². The van der Waals surface area contributed by atoms with E-state index in [-0.39, 0.29) is 34.8 Å². The van der Waals surface area contributed by atoms with Gasteiger partial charge >= 0.3 is 0 Å². The number of aromatic hydroxyl groups is 1. The predicted octanol–water partition coefficient (Wildman–Crippen LogP) is -1.18. The van der Waals surface area contributed by atoms with Crippen LogP contribution in [0.3, 0.4) is 0 Å². The number of phenols is 1. The topological polar surface area (TPSA) is 218 Å². The maximum atomic E-state index is 12.6. The highest BCUT2D eigenvalue weighted by molar-refractivity contribution is 5.86. The summed E-state index contributed by atoms with van der Waals surface area (Å²) in [6.07, 6.45) is -13.3. The van der Waals surface area contributed by atoms with Gasteiger partial charge in [0.1, 0.15) is 76.7 Å². The minimum atomic E-state index is -1.67. The van der Waals surface area contributed by atoms with Gasteiger partial charge in [0.05, 0.1) is 20.3 Å². The average molecular weight is 579 g/mol. The van der Waals surface area contributed by atoms with Crippen molar-refractivity contribution >= 4 is 11.0 Å². The lowest BCUT2D eigenvalue weighted by Crippen LogP contribution is -2.61. The first-order valence-corrected chi connectivity index (χ1v) is 12.7. The van der Waals surface area contributed by atoms with Gasteiger partial charge < -0.3 is 63.8 Å². The Morgan fingerprint density at radius 2 is 1.56 bits per heavy atom. The van der Waals surface area contributed by atoms with Crippen LogP contribution in [0.2, 0.25) is 0 Å². The minimum Gasteiger partial charge on any atom is -0.507 e. The molecule has 4 unspecified atom stereocenters. The smallest absolute Gasteiger partial charge is 0.229 e.